The van der Waals surface area contributed by atoms with Crippen LogP contribution in [0.2, 0.25) is 0 Å². The highest BCUT2D eigenvalue weighted by Crippen LogP contribution is 2.21. The molecule has 0 aromatic heterocycles. The summed E-state index contributed by atoms with van der Waals surface area (Å²) < 4.78 is 0. The molecule has 0 spiro atoms. The van der Waals surface area contributed by atoms with Crippen LogP contribution < -0.4 is 0 Å². The molecule has 0 saturated heterocycles. The van der Waals surface area contributed by atoms with Crippen molar-refractivity contribution in [2.45, 2.75) is 161 Å². The summed E-state index contributed by atoms with van der Waals surface area (Å²) in [6, 6.07) is 0. The lowest BCUT2D eigenvalue weighted by Crippen LogP contribution is -1.99. The quantitative estimate of drug-likeness (QED) is 0.143. The molecule has 0 aliphatic heterocycles. The molecule has 0 nitrogen and oxygen atoms in total. The first-order valence-electron chi connectivity index (χ1n) is 13.4. The van der Waals surface area contributed by atoms with E-state index in [0.717, 1.165) is 18.8 Å². The molecule has 0 rings (SSSR count). The molecule has 0 heterocycles. The lowest BCUT2D eigenvalue weighted by molar-refractivity contribution is 0.394. The minimum atomic E-state index is 0.999. The zero-order valence-electron chi connectivity index (χ0n) is 20.0. The number of unbranched alkanes of at least 4 members (excludes halogenated alkanes) is 19. The molecule has 2 radical (unpaired) electrons. The molecule has 28 heavy (non-hydrogen) atoms. The standard InChI is InChI=1S/C28H56/c1-4-7-9-11-12-13-14-15-16-17-18-19-20-21-22-23-25-27-28(6-3)26-24-10-8-5-2/h28H,1-2,4-27H2,3H3. The van der Waals surface area contributed by atoms with Crippen LogP contribution in [0.25, 0.3) is 0 Å². The molecule has 0 aliphatic carbocycles. The molecule has 0 bridgehead atoms. The van der Waals surface area contributed by atoms with Crippen LogP contribution in [0.3, 0.4) is 0 Å². The fraction of sp³-hybridized carbons (Fsp3) is 0.929. The van der Waals surface area contributed by atoms with Gasteiger partial charge in [-0.25, -0.2) is 0 Å². The second-order valence-electron chi connectivity index (χ2n) is 9.28. The van der Waals surface area contributed by atoms with Crippen molar-refractivity contribution in [1.82, 2.24) is 0 Å². The van der Waals surface area contributed by atoms with E-state index in [2.05, 4.69) is 20.8 Å². The summed E-state index contributed by atoms with van der Waals surface area (Å²) in [7, 11) is 0. The Labute approximate surface area is 181 Å². The summed E-state index contributed by atoms with van der Waals surface area (Å²) >= 11 is 0. The van der Waals surface area contributed by atoms with E-state index in [1.54, 1.807) is 0 Å². The van der Waals surface area contributed by atoms with Gasteiger partial charge in [0.15, 0.2) is 0 Å². The average molecular weight is 393 g/mol. The van der Waals surface area contributed by atoms with Gasteiger partial charge in [-0.2, -0.15) is 0 Å². The third-order valence-corrected chi connectivity index (χ3v) is 6.55. The molecule has 0 aromatic rings. The average Bonchev–Trinajstić information content (AvgIpc) is 2.71. The smallest absolute Gasteiger partial charge is 0.0417 e. The summed E-state index contributed by atoms with van der Waals surface area (Å²) in [6.07, 6.45) is 34.1. The SMILES string of the molecule is [CH2]CCCCCCCCCCCCCCCCCCC(CC)CCCCC[CH2]. The van der Waals surface area contributed by atoms with E-state index >= 15 is 0 Å². The number of rotatable bonds is 24. The minimum absolute atomic E-state index is 0.999. The van der Waals surface area contributed by atoms with Gasteiger partial charge < -0.3 is 0 Å². The highest BCUT2D eigenvalue weighted by atomic mass is 14.1. The van der Waals surface area contributed by atoms with Gasteiger partial charge in [-0.1, -0.05) is 175 Å². The van der Waals surface area contributed by atoms with Crippen LogP contribution in [0.5, 0.6) is 0 Å². The van der Waals surface area contributed by atoms with Gasteiger partial charge in [0.2, 0.25) is 0 Å². The van der Waals surface area contributed by atoms with Crippen LogP contribution in [-0.4, -0.2) is 0 Å². The Bertz CT molecular complexity index is 257. The van der Waals surface area contributed by atoms with Crippen molar-refractivity contribution >= 4 is 0 Å². The molecule has 0 aromatic carbocycles. The zero-order valence-corrected chi connectivity index (χ0v) is 20.0. The zero-order chi connectivity index (χ0) is 20.5. The van der Waals surface area contributed by atoms with Crippen molar-refractivity contribution in [3.63, 3.8) is 0 Å². The summed E-state index contributed by atoms with van der Waals surface area (Å²) in [5.41, 5.74) is 0. The lowest BCUT2D eigenvalue weighted by Gasteiger charge is -2.14. The van der Waals surface area contributed by atoms with E-state index in [-0.39, 0.29) is 0 Å². The van der Waals surface area contributed by atoms with E-state index < -0.39 is 0 Å². The van der Waals surface area contributed by atoms with E-state index in [1.807, 2.05) is 0 Å². The molecule has 1 atom stereocenters. The summed E-state index contributed by atoms with van der Waals surface area (Å²) in [5.74, 6) is 0.999. The van der Waals surface area contributed by atoms with Crippen LogP contribution in [0, 0.1) is 19.8 Å². The van der Waals surface area contributed by atoms with Gasteiger partial charge in [0.05, 0.1) is 0 Å². The number of hydrogen-bond acceptors (Lipinski definition) is 0. The van der Waals surface area contributed by atoms with E-state index in [9.17, 15) is 0 Å². The second-order valence-corrected chi connectivity index (χ2v) is 9.28. The van der Waals surface area contributed by atoms with Crippen LogP contribution in [0.15, 0.2) is 0 Å². The molecular weight excluding hydrogens is 336 g/mol. The van der Waals surface area contributed by atoms with Gasteiger partial charge in [0.1, 0.15) is 0 Å². The first-order chi connectivity index (χ1) is 13.8. The molecule has 0 N–H and O–H groups in total. The fourth-order valence-corrected chi connectivity index (χ4v) is 4.42. The maximum atomic E-state index is 3.95. The molecule has 0 heteroatoms. The Hall–Kier alpha value is 0. The van der Waals surface area contributed by atoms with Gasteiger partial charge in [-0.3, -0.25) is 0 Å². The molecule has 0 amide bonds. The molecule has 0 aliphatic rings. The van der Waals surface area contributed by atoms with Crippen molar-refractivity contribution in [3.8, 4) is 0 Å². The first-order valence-corrected chi connectivity index (χ1v) is 13.4. The summed E-state index contributed by atoms with van der Waals surface area (Å²) in [4.78, 5) is 0. The summed E-state index contributed by atoms with van der Waals surface area (Å²) in [6.45, 7) is 10.2. The van der Waals surface area contributed by atoms with Crippen molar-refractivity contribution in [2.75, 3.05) is 0 Å². The fourth-order valence-electron chi connectivity index (χ4n) is 4.42. The van der Waals surface area contributed by atoms with Crippen molar-refractivity contribution in [3.05, 3.63) is 13.8 Å². The van der Waals surface area contributed by atoms with Crippen molar-refractivity contribution in [2.24, 2.45) is 5.92 Å². The summed E-state index contributed by atoms with van der Waals surface area (Å²) in [5, 5.41) is 0. The third-order valence-electron chi connectivity index (χ3n) is 6.55. The Morgan fingerprint density at radius 2 is 0.643 bits per heavy atom. The van der Waals surface area contributed by atoms with Crippen molar-refractivity contribution < 1.29 is 0 Å². The molecular formula is C28H56. The van der Waals surface area contributed by atoms with Gasteiger partial charge in [0.25, 0.3) is 0 Å². The molecule has 1 unspecified atom stereocenters. The molecule has 0 saturated carbocycles. The Balaban J connectivity index is 3.16. The van der Waals surface area contributed by atoms with Gasteiger partial charge in [0, 0.05) is 0 Å². The molecule has 168 valence electrons. The van der Waals surface area contributed by atoms with E-state index in [0.29, 0.717) is 0 Å². The Kier molecular flexibility index (Phi) is 25.0. The van der Waals surface area contributed by atoms with Gasteiger partial charge in [-0.05, 0) is 5.92 Å². The topological polar surface area (TPSA) is 0 Å². The monoisotopic (exact) mass is 392 g/mol. The second kappa shape index (κ2) is 25.0. The van der Waals surface area contributed by atoms with Crippen LogP contribution in [0.1, 0.15) is 161 Å². The van der Waals surface area contributed by atoms with Crippen LogP contribution >= 0.6 is 0 Å². The minimum Gasteiger partial charge on any atom is -0.0651 e. The van der Waals surface area contributed by atoms with Crippen LogP contribution in [0.4, 0.5) is 0 Å². The predicted molar refractivity (Wildman–Crippen MR) is 131 cm³/mol. The lowest BCUT2D eigenvalue weighted by atomic mass is 9.92. The first kappa shape index (κ1) is 28.0. The van der Waals surface area contributed by atoms with E-state index in [1.165, 1.54) is 141 Å². The third kappa shape index (κ3) is 22.3. The Morgan fingerprint density at radius 3 is 0.929 bits per heavy atom. The van der Waals surface area contributed by atoms with Crippen molar-refractivity contribution in [1.29, 1.82) is 0 Å². The maximum absolute atomic E-state index is 3.95. The van der Waals surface area contributed by atoms with Gasteiger partial charge >= 0.3 is 0 Å². The largest absolute Gasteiger partial charge is 0.0651 e. The number of hydrogen-bond donors (Lipinski definition) is 0. The Morgan fingerprint density at radius 1 is 0.393 bits per heavy atom. The van der Waals surface area contributed by atoms with E-state index in [4.69, 9.17) is 0 Å². The normalized spacial score (nSPS) is 12.5. The predicted octanol–water partition coefficient (Wildman–Crippen LogP) is 10.7. The van der Waals surface area contributed by atoms with Gasteiger partial charge in [-0.15, -0.1) is 0 Å². The highest BCUT2D eigenvalue weighted by molar-refractivity contribution is 4.59. The highest BCUT2D eigenvalue weighted by Gasteiger charge is 2.05. The molecule has 0 fully saturated rings. The maximum Gasteiger partial charge on any atom is -0.0417 e. The van der Waals surface area contributed by atoms with Crippen LogP contribution in [-0.2, 0) is 0 Å².